The van der Waals surface area contributed by atoms with Gasteiger partial charge in [0.2, 0.25) is 0 Å². The van der Waals surface area contributed by atoms with Crippen LogP contribution in [0.25, 0.3) is 0 Å². The van der Waals surface area contributed by atoms with E-state index in [1.165, 1.54) is 31.2 Å². The van der Waals surface area contributed by atoms with Crippen LogP contribution in [0.1, 0.15) is 26.3 Å². The highest BCUT2D eigenvalue weighted by atomic mass is 19.2. The van der Waals surface area contributed by atoms with Gasteiger partial charge in [-0.25, -0.2) is 13.6 Å². The number of carboxylic acids is 1. The Labute approximate surface area is 119 Å². The van der Waals surface area contributed by atoms with Crippen LogP contribution in [0.4, 0.5) is 14.5 Å². The quantitative estimate of drug-likeness (QED) is 0.912. The minimum atomic E-state index is -1.25. The lowest BCUT2D eigenvalue weighted by Gasteiger charge is -2.11. The fourth-order valence-corrected chi connectivity index (χ4v) is 1.87. The van der Waals surface area contributed by atoms with Crippen molar-refractivity contribution < 1.29 is 23.5 Å². The number of hydrogen-bond acceptors (Lipinski definition) is 2. The van der Waals surface area contributed by atoms with E-state index in [4.69, 9.17) is 5.11 Å². The molecule has 1 amide bonds. The van der Waals surface area contributed by atoms with Gasteiger partial charge >= 0.3 is 5.97 Å². The maximum absolute atomic E-state index is 13.5. The molecule has 0 radical (unpaired) electrons. The van der Waals surface area contributed by atoms with Crippen molar-refractivity contribution in [3.8, 4) is 0 Å². The van der Waals surface area contributed by atoms with Crippen LogP contribution in [0.15, 0.2) is 36.4 Å². The Hall–Kier alpha value is -2.76. The molecule has 0 unspecified atom stereocenters. The first-order valence-electron chi connectivity index (χ1n) is 6.00. The largest absolute Gasteiger partial charge is 0.478 e. The van der Waals surface area contributed by atoms with Crippen LogP contribution < -0.4 is 5.32 Å². The highest BCUT2D eigenvalue weighted by Crippen LogP contribution is 2.20. The SMILES string of the molecule is Cc1c(NC(=O)c2cccc(F)c2F)cccc1C(=O)O. The van der Waals surface area contributed by atoms with E-state index >= 15 is 0 Å². The monoisotopic (exact) mass is 291 g/mol. The maximum atomic E-state index is 13.5. The second-order valence-electron chi connectivity index (χ2n) is 4.34. The fraction of sp³-hybridized carbons (Fsp3) is 0.0667. The average molecular weight is 291 g/mol. The van der Waals surface area contributed by atoms with Crippen molar-refractivity contribution in [2.75, 3.05) is 5.32 Å². The van der Waals surface area contributed by atoms with Crippen molar-refractivity contribution >= 4 is 17.6 Å². The lowest BCUT2D eigenvalue weighted by molar-refractivity contribution is 0.0695. The third-order valence-electron chi connectivity index (χ3n) is 3.01. The molecule has 6 heteroatoms. The number of hydrogen-bond donors (Lipinski definition) is 2. The average Bonchev–Trinajstić information content (AvgIpc) is 2.43. The minimum Gasteiger partial charge on any atom is -0.478 e. The molecule has 2 N–H and O–H groups in total. The molecule has 21 heavy (non-hydrogen) atoms. The Morgan fingerprint density at radius 2 is 1.67 bits per heavy atom. The molecule has 2 rings (SSSR count). The maximum Gasteiger partial charge on any atom is 0.336 e. The molecule has 2 aromatic carbocycles. The van der Waals surface area contributed by atoms with Gasteiger partial charge in [-0.15, -0.1) is 0 Å². The molecule has 0 aliphatic rings. The molecule has 4 nitrogen and oxygen atoms in total. The van der Waals surface area contributed by atoms with Crippen molar-refractivity contribution in [2.45, 2.75) is 6.92 Å². The Kier molecular flexibility index (Phi) is 3.98. The topological polar surface area (TPSA) is 66.4 Å². The number of carboxylic acid groups (broad SMARTS) is 1. The predicted molar refractivity (Wildman–Crippen MR) is 72.4 cm³/mol. The summed E-state index contributed by atoms with van der Waals surface area (Å²) in [4.78, 5) is 23.0. The lowest BCUT2D eigenvalue weighted by atomic mass is 10.1. The van der Waals surface area contributed by atoms with Crippen LogP contribution in [-0.4, -0.2) is 17.0 Å². The van der Waals surface area contributed by atoms with Gasteiger partial charge < -0.3 is 10.4 Å². The number of carbonyl (C=O) groups is 2. The first kappa shape index (κ1) is 14.6. The van der Waals surface area contributed by atoms with Gasteiger partial charge in [0, 0.05) is 5.69 Å². The first-order chi connectivity index (χ1) is 9.91. The van der Waals surface area contributed by atoms with E-state index in [9.17, 15) is 18.4 Å². The molecule has 0 spiro atoms. The Morgan fingerprint density at radius 3 is 2.33 bits per heavy atom. The second-order valence-corrected chi connectivity index (χ2v) is 4.34. The van der Waals surface area contributed by atoms with Gasteiger partial charge in [0.05, 0.1) is 11.1 Å². The third kappa shape index (κ3) is 2.89. The first-order valence-corrected chi connectivity index (χ1v) is 6.00. The van der Waals surface area contributed by atoms with Crippen LogP contribution in [0, 0.1) is 18.6 Å². The summed E-state index contributed by atoms with van der Waals surface area (Å²) in [6.45, 7) is 1.51. The zero-order chi connectivity index (χ0) is 15.6. The molecular weight excluding hydrogens is 280 g/mol. The highest BCUT2D eigenvalue weighted by molar-refractivity contribution is 6.05. The van der Waals surface area contributed by atoms with E-state index in [0.29, 0.717) is 5.56 Å². The Bertz CT molecular complexity index is 729. The van der Waals surface area contributed by atoms with Gasteiger partial charge in [0.25, 0.3) is 5.91 Å². The summed E-state index contributed by atoms with van der Waals surface area (Å²) in [5, 5.41) is 11.4. The van der Waals surface area contributed by atoms with Gasteiger partial charge in [-0.1, -0.05) is 12.1 Å². The molecule has 2 aromatic rings. The zero-order valence-corrected chi connectivity index (χ0v) is 11.0. The molecule has 0 saturated carbocycles. The van der Waals surface area contributed by atoms with Gasteiger partial charge in [0.1, 0.15) is 0 Å². The summed E-state index contributed by atoms with van der Waals surface area (Å²) in [6, 6.07) is 7.58. The number of rotatable bonds is 3. The van der Waals surface area contributed by atoms with Crippen molar-refractivity contribution in [1.29, 1.82) is 0 Å². The zero-order valence-electron chi connectivity index (χ0n) is 11.0. The van der Waals surface area contributed by atoms with Crippen molar-refractivity contribution in [3.63, 3.8) is 0 Å². The highest BCUT2D eigenvalue weighted by Gasteiger charge is 2.17. The summed E-state index contributed by atoms with van der Waals surface area (Å²) in [7, 11) is 0. The molecule has 0 atom stereocenters. The van der Waals surface area contributed by atoms with E-state index in [1.54, 1.807) is 0 Å². The van der Waals surface area contributed by atoms with Crippen LogP contribution in [0.5, 0.6) is 0 Å². The standard InChI is InChI=1S/C15H11F2NO3/c1-8-9(15(20)21)4-3-7-12(8)18-14(19)10-5-2-6-11(16)13(10)17/h2-7H,1H3,(H,18,19)(H,20,21). The predicted octanol–water partition coefficient (Wildman–Crippen LogP) is 3.22. The van der Waals surface area contributed by atoms with Gasteiger partial charge in [-0.2, -0.15) is 0 Å². The molecular formula is C15H11F2NO3. The molecule has 0 fully saturated rings. The number of nitrogens with one attached hydrogen (secondary N) is 1. The number of amides is 1. The number of aromatic carboxylic acids is 1. The summed E-state index contributed by atoms with van der Waals surface area (Å²) in [6.07, 6.45) is 0. The Balaban J connectivity index is 2.34. The molecule has 0 aliphatic heterocycles. The second kappa shape index (κ2) is 5.70. The Morgan fingerprint density at radius 1 is 1.05 bits per heavy atom. The van der Waals surface area contributed by atoms with E-state index in [2.05, 4.69) is 5.32 Å². The lowest BCUT2D eigenvalue weighted by Crippen LogP contribution is -2.16. The van der Waals surface area contributed by atoms with E-state index in [0.717, 1.165) is 12.1 Å². The summed E-state index contributed by atoms with van der Waals surface area (Å²) in [5.41, 5.74) is 0.126. The normalized spacial score (nSPS) is 10.2. The molecule has 0 aliphatic carbocycles. The molecule has 0 aromatic heterocycles. The molecule has 108 valence electrons. The van der Waals surface area contributed by atoms with Crippen molar-refractivity contribution in [2.24, 2.45) is 0 Å². The minimum absolute atomic E-state index is 0.0208. The fourth-order valence-electron chi connectivity index (χ4n) is 1.87. The third-order valence-corrected chi connectivity index (χ3v) is 3.01. The van der Waals surface area contributed by atoms with E-state index < -0.39 is 29.1 Å². The van der Waals surface area contributed by atoms with Crippen LogP contribution in [0.3, 0.4) is 0 Å². The summed E-state index contributed by atoms with van der Waals surface area (Å²) in [5.74, 6) is -4.36. The number of halogens is 2. The summed E-state index contributed by atoms with van der Waals surface area (Å²) < 4.78 is 26.6. The van der Waals surface area contributed by atoms with Gasteiger partial charge in [-0.3, -0.25) is 4.79 Å². The number of carbonyl (C=O) groups excluding carboxylic acids is 1. The molecule has 0 saturated heterocycles. The van der Waals surface area contributed by atoms with Crippen molar-refractivity contribution in [1.82, 2.24) is 0 Å². The smallest absolute Gasteiger partial charge is 0.336 e. The van der Waals surface area contributed by atoms with Crippen LogP contribution in [0.2, 0.25) is 0 Å². The van der Waals surface area contributed by atoms with Crippen LogP contribution >= 0.6 is 0 Å². The van der Waals surface area contributed by atoms with Crippen molar-refractivity contribution in [3.05, 3.63) is 64.7 Å². The van der Waals surface area contributed by atoms with Crippen LogP contribution in [-0.2, 0) is 0 Å². The van der Waals surface area contributed by atoms with Gasteiger partial charge in [0.15, 0.2) is 11.6 Å². The molecule has 0 heterocycles. The van der Waals surface area contributed by atoms with E-state index in [1.807, 2.05) is 0 Å². The van der Waals surface area contributed by atoms with E-state index in [-0.39, 0.29) is 11.3 Å². The van der Waals surface area contributed by atoms with Gasteiger partial charge in [-0.05, 0) is 36.8 Å². The number of benzene rings is 2. The summed E-state index contributed by atoms with van der Waals surface area (Å²) >= 11 is 0. The molecule has 0 bridgehead atoms. The number of anilines is 1.